The molecular formula is C19H31NO4. The fourth-order valence-corrected chi connectivity index (χ4v) is 1.37. The van der Waals surface area contributed by atoms with Crippen LogP contribution in [0.4, 0.5) is 0 Å². The molecular weight excluding hydrogens is 306 g/mol. The topological polar surface area (TPSA) is 64.6 Å². The Morgan fingerprint density at radius 1 is 1.25 bits per heavy atom. The zero-order valence-corrected chi connectivity index (χ0v) is 15.7. The van der Waals surface area contributed by atoms with Gasteiger partial charge in [0.25, 0.3) is 0 Å². The van der Waals surface area contributed by atoms with E-state index in [1.165, 1.54) is 5.56 Å². The number of hydrogen-bond acceptors (Lipinski definition) is 4. The minimum Gasteiger partial charge on any atom is -0.497 e. The summed E-state index contributed by atoms with van der Waals surface area (Å²) in [6.45, 7) is 13.8. The first kappa shape index (κ1) is 24.0. The molecule has 0 bridgehead atoms. The highest BCUT2D eigenvalue weighted by Gasteiger charge is 2.00. The molecule has 24 heavy (non-hydrogen) atoms. The minimum atomic E-state index is -0.433. The van der Waals surface area contributed by atoms with Crippen molar-refractivity contribution < 1.29 is 19.1 Å². The second-order valence-electron chi connectivity index (χ2n) is 4.92. The van der Waals surface area contributed by atoms with Crippen molar-refractivity contribution in [2.45, 2.75) is 40.5 Å². The van der Waals surface area contributed by atoms with Crippen LogP contribution in [-0.2, 0) is 14.3 Å². The summed E-state index contributed by atoms with van der Waals surface area (Å²) < 4.78 is 9.69. The van der Waals surface area contributed by atoms with Crippen LogP contribution in [0, 0.1) is 0 Å². The van der Waals surface area contributed by atoms with Gasteiger partial charge >= 0.3 is 5.97 Å². The lowest BCUT2D eigenvalue weighted by atomic mass is 10.0. The number of nitrogens with one attached hydrogen (secondary N) is 1. The normalized spacial score (nSPS) is 8.79. The van der Waals surface area contributed by atoms with Gasteiger partial charge < -0.3 is 14.8 Å². The van der Waals surface area contributed by atoms with E-state index in [2.05, 4.69) is 42.6 Å². The van der Waals surface area contributed by atoms with E-state index in [-0.39, 0.29) is 6.61 Å². The van der Waals surface area contributed by atoms with Gasteiger partial charge in [0.05, 0.1) is 13.7 Å². The molecule has 1 rings (SSSR count). The molecule has 1 amide bonds. The Morgan fingerprint density at radius 2 is 1.79 bits per heavy atom. The highest BCUT2D eigenvalue weighted by atomic mass is 16.5. The zero-order valence-electron chi connectivity index (χ0n) is 15.7. The van der Waals surface area contributed by atoms with E-state index in [0.717, 1.165) is 5.75 Å². The molecule has 1 aromatic carbocycles. The SMILES string of the molecule is C=C(C)C(=O)OCCNC=O.CC.COc1ccc(C(C)C)cc1. The van der Waals surface area contributed by atoms with Crippen molar-refractivity contribution in [1.82, 2.24) is 5.32 Å². The molecule has 0 spiro atoms. The lowest BCUT2D eigenvalue weighted by molar-refractivity contribution is -0.139. The average molecular weight is 337 g/mol. The maximum atomic E-state index is 10.7. The fourth-order valence-electron chi connectivity index (χ4n) is 1.37. The average Bonchev–Trinajstić information content (AvgIpc) is 2.60. The third-order valence-corrected chi connectivity index (χ3v) is 2.69. The number of ether oxygens (including phenoxy) is 2. The number of rotatable bonds is 7. The molecule has 0 saturated heterocycles. The Balaban J connectivity index is 0. The largest absolute Gasteiger partial charge is 0.497 e. The van der Waals surface area contributed by atoms with E-state index in [9.17, 15) is 9.59 Å². The van der Waals surface area contributed by atoms with Crippen molar-refractivity contribution in [1.29, 1.82) is 0 Å². The summed E-state index contributed by atoms with van der Waals surface area (Å²) in [7, 11) is 1.68. The summed E-state index contributed by atoms with van der Waals surface area (Å²) in [4.78, 5) is 20.4. The summed E-state index contributed by atoms with van der Waals surface area (Å²) in [6, 6.07) is 8.19. The summed E-state index contributed by atoms with van der Waals surface area (Å²) in [5.41, 5.74) is 1.71. The maximum absolute atomic E-state index is 10.7. The van der Waals surface area contributed by atoms with Crippen molar-refractivity contribution >= 4 is 12.4 Å². The highest BCUT2D eigenvalue weighted by Crippen LogP contribution is 2.17. The van der Waals surface area contributed by atoms with Gasteiger partial charge in [0.15, 0.2) is 0 Å². The van der Waals surface area contributed by atoms with Crippen LogP contribution in [0.5, 0.6) is 5.75 Å². The molecule has 5 nitrogen and oxygen atoms in total. The number of hydrogen-bond donors (Lipinski definition) is 1. The molecule has 0 saturated carbocycles. The van der Waals surface area contributed by atoms with Crippen LogP contribution in [0.15, 0.2) is 36.4 Å². The molecule has 0 atom stereocenters. The maximum Gasteiger partial charge on any atom is 0.333 e. The third-order valence-electron chi connectivity index (χ3n) is 2.69. The third kappa shape index (κ3) is 12.3. The van der Waals surface area contributed by atoms with E-state index in [0.29, 0.717) is 24.4 Å². The van der Waals surface area contributed by atoms with Gasteiger partial charge in [0.2, 0.25) is 6.41 Å². The van der Waals surface area contributed by atoms with Gasteiger partial charge in [-0.1, -0.05) is 46.4 Å². The summed E-state index contributed by atoms with van der Waals surface area (Å²) in [5, 5.41) is 2.36. The lowest BCUT2D eigenvalue weighted by Gasteiger charge is -2.05. The van der Waals surface area contributed by atoms with Crippen molar-refractivity contribution in [3.8, 4) is 5.75 Å². The first-order chi connectivity index (χ1) is 11.4. The second-order valence-corrected chi connectivity index (χ2v) is 4.92. The first-order valence-electron chi connectivity index (χ1n) is 8.06. The van der Waals surface area contributed by atoms with Gasteiger partial charge in [-0.3, -0.25) is 4.79 Å². The Hall–Kier alpha value is -2.30. The number of carbonyl (C=O) groups excluding carboxylic acids is 2. The predicted molar refractivity (Wildman–Crippen MR) is 98.3 cm³/mol. The molecule has 0 aliphatic carbocycles. The van der Waals surface area contributed by atoms with Crippen LogP contribution < -0.4 is 10.1 Å². The number of benzene rings is 1. The predicted octanol–water partition coefficient (Wildman–Crippen LogP) is 3.70. The molecule has 5 heteroatoms. The molecule has 0 aliphatic heterocycles. The Bertz CT molecular complexity index is 467. The minimum absolute atomic E-state index is 0.185. The zero-order chi connectivity index (χ0) is 19.0. The Morgan fingerprint density at radius 3 is 2.17 bits per heavy atom. The summed E-state index contributed by atoms with van der Waals surface area (Å²) >= 11 is 0. The summed E-state index contributed by atoms with van der Waals surface area (Å²) in [5.74, 6) is 1.09. The molecule has 136 valence electrons. The second kappa shape index (κ2) is 15.6. The fraction of sp³-hybridized carbons (Fsp3) is 0.474. The number of carbonyl (C=O) groups is 2. The number of esters is 1. The van der Waals surface area contributed by atoms with Crippen molar-refractivity contribution in [3.63, 3.8) is 0 Å². The van der Waals surface area contributed by atoms with E-state index in [1.807, 2.05) is 26.0 Å². The van der Waals surface area contributed by atoms with Gasteiger partial charge in [0, 0.05) is 5.57 Å². The van der Waals surface area contributed by atoms with Crippen LogP contribution in [0.25, 0.3) is 0 Å². The van der Waals surface area contributed by atoms with Crippen molar-refractivity contribution in [3.05, 3.63) is 42.0 Å². The lowest BCUT2D eigenvalue weighted by Crippen LogP contribution is -2.19. The molecule has 1 N–H and O–H groups in total. The van der Waals surface area contributed by atoms with Crippen LogP contribution in [0.3, 0.4) is 0 Å². The molecule has 0 aliphatic rings. The van der Waals surface area contributed by atoms with Gasteiger partial charge in [-0.05, 0) is 30.5 Å². The quantitative estimate of drug-likeness (QED) is 0.357. The molecule has 0 heterocycles. The Labute approximate surface area is 146 Å². The monoisotopic (exact) mass is 337 g/mol. The summed E-state index contributed by atoms with van der Waals surface area (Å²) in [6.07, 6.45) is 0.550. The standard InChI is InChI=1S/C10H14O.C7H11NO3.C2H6/c1-8(2)9-4-6-10(11-3)7-5-9;1-6(2)7(10)11-4-3-8-5-9;1-2/h4-8H,1-3H3;5H,1,3-4H2,2H3,(H,8,9);1-2H3. The number of methoxy groups -OCH3 is 1. The van der Waals surface area contributed by atoms with Gasteiger partial charge in [-0.25, -0.2) is 4.79 Å². The van der Waals surface area contributed by atoms with E-state index < -0.39 is 5.97 Å². The van der Waals surface area contributed by atoms with Crippen LogP contribution in [-0.4, -0.2) is 32.6 Å². The van der Waals surface area contributed by atoms with E-state index in [4.69, 9.17) is 4.74 Å². The van der Waals surface area contributed by atoms with Gasteiger partial charge in [0.1, 0.15) is 12.4 Å². The van der Waals surface area contributed by atoms with Crippen LogP contribution >= 0.6 is 0 Å². The molecule has 0 unspecified atom stereocenters. The van der Waals surface area contributed by atoms with E-state index >= 15 is 0 Å². The van der Waals surface area contributed by atoms with Crippen LogP contribution in [0.1, 0.15) is 46.1 Å². The van der Waals surface area contributed by atoms with Gasteiger partial charge in [-0.2, -0.15) is 0 Å². The molecule has 0 radical (unpaired) electrons. The molecule has 0 aromatic heterocycles. The molecule has 0 fully saturated rings. The Kier molecular flexibility index (Phi) is 15.6. The van der Waals surface area contributed by atoms with Crippen molar-refractivity contribution in [2.75, 3.05) is 20.3 Å². The smallest absolute Gasteiger partial charge is 0.333 e. The molecule has 1 aromatic rings. The van der Waals surface area contributed by atoms with Crippen molar-refractivity contribution in [2.24, 2.45) is 0 Å². The van der Waals surface area contributed by atoms with E-state index in [1.54, 1.807) is 14.0 Å². The van der Waals surface area contributed by atoms with Gasteiger partial charge in [-0.15, -0.1) is 0 Å². The first-order valence-corrected chi connectivity index (χ1v) is 8.06. The van der Waals surface area contributed by atoms with Crippen LogP contribution in [0.2, 0.25) is 0 Å². The highest BCUT2D eigenvalue weighted by molar-refractivity contribution is 5.86. The number of amides is 1.